The molecule has 19 heavy (non-hydrogen) atoms. The van der Waals surface area contributed by atoms with Gasteiger partial charge in [-0.25, -0.2) is 4.39 Å². The van der Waals surface area contributed by atoms with Gasteiger partial charge < -0.3 is 4.90 Å². The maximum absolute atomic E-state index is 13.3. The monoisotopic (exact) mass is 337 g/mol. The number of carbonyl (C=O) groups excluding carboxylic acids is 1. The smallest absolute Gasteiger partial charge is 0.215 e. The van der Waals surface area contributed by atoms with Crippen molar-refractivity contribution in [2.75, 3.05) is 13.1 Å². The average molecular weight is 337 g/mol. The Morgan fingerprint density at radius 2 is 2.11 bits per heavy atom. The molecule has 1 aromatic carbocycles. The first-order valence-corrected chi connectivity index (χ1v) is 6.34. The van der Waals surface area contributed by atoms with Gasteiger partial charge in [-0.1, -0.05) is 13.8 Å². The molecule has 0 aromatic heterocycles. The normalized spacial score (nSPS) is 16.8. The largest absolute Gasteiger partial charge is 0.337 e. The van der Waals surface area contributed by atoms with Crippen LogP contribution in [0.1, 0.15) is 37.8 Å². The minimum Gasteiger partial charge on any atom is -0.337 e. The fourth-order valence-electron chi connectivity index (χ4n) is 2.15. The minimum absolute atomic E-state index is 0. The van der Waals surface area contributed by atoms with Crippen LogP contribution in [-0.4, -0.2) is 29.6 Å². The summed E-state index contributed by atoms with van der Waals surface area (Å²) in [5.74, 6) is 0.438. The van der Waals surface area contributed by atoms with Gasteiger partial charge in [0.25, 0.3) is 0 Å². The second kappa shape index (κ2) is 6.45. The maximum atomic E-state index is 13.3. The van der Waals surface area contributed by atoms with Gasteiger partial charge in [-0.15, -0.1) is 5.56 Å². The summed E-state index contributed by atoms with van der Waals surface area (Å²) in [6.45, 7) is 6.19. The molecule has 2 nitrogen and oxygen atoms in total. The summed E-state index contributed by atoms with van der Waals surface area (Å²) in [5, 5.41) is 0. The Balaban J connectivity index is 0.00000180. The van der Waals surface area contributed by atoms with E-state index in [9.17, 15) is 9.18 Å². The Kier molecular flexibility index (Phi) is 5.70. The topological polar surface area (TPSA) is 20.3 Å². The number of carbonyl (C=O) groups is 1. The van der Waals surface area contributed by atoms with Gasteiger partial charge in [0.05, 0.1) is 13.1 Å². The predicted molar refractivity (Wildman–Crippen MR) is 69.2 cm³/mol. The van der Waals surface area contributed by atoms with Crippen molar-refractivity contribution in [3.63, 3.8) is 0 Å². The fraction of sp³-hybridized carbons (Fsp3) is 0.533. The zero-order valence-electron chi connectivity index (χ0n) is 11.7. The molecular formula is C15H19FNOY-. The summed E-state index contributed by atoms with van der Waals surface area (Å²) < 4.78 is 13.3. The fourth-order valence-corrected chi connectivity index (χ4v) is 2.15. The van der Waals surface area contributed by atoms with Crippen molar-refractivity contribution < 1.29 is 41.9 Å². The molecule has 1 heterocycles. The molecule has 1 aromatic rings. The Hall–Kier alpha value is -0.276. The van der Waals surface area contributed by atoms with Crippen LogP contribution in [0.25, 0.3) is 0 Å². The number of benzene rings is 1. The predicted octanol–water partition coefficient (Wildman–Crippen LogP) is 2.72. The van der Waals surface area contributed by atoms with Crippen LogP contribution >= 0.6 is 0 Å². The molecule has 4 heteroatoms. The van der Waals surface area contributed by atoms with E-state index in [1.54, 1.807) is 4.90 Å². The van der Waals surface area contributed by atoms with Crippen molar-refractivity contribution in [1.82, 2.24) is 4.90 Å². The molecule has 1 aliphatic heterocycles. The van der Waals surface area contributed by atoms with Gasteiger partial charge >= 0.3 is 0 Å². The van der Waals surface area contributed by atoms with Gasteiger partial charge in [0.15, 0.2) is 0 Å². The third kappa shape index (κ3) is 4.35. The third-order valence-electron chi connectivity index (χ3n) is 3.27. The van der Waals surface area contributed by atoms with Crippen LogP contribution in [0.3, 0.4) is 0 Å². The van der Waals surface area contributed by atoms with Crippen LogP contribution in [0.5, 0.6) is 0 Å². The van der Waals surface area contributed by atoms with E-state index in [4.69, 9.17) is 0 Å². The molecule has 0 spiro atoms. The van der Waals surface area contributed by atoms with Crippen LogP contribution < -0.4 is 0 Å². The van der Waals surface area contributed by atoms with E-state index in [-0.39, 0.29) is 51.7 Å². The Labute approximate surface area is 139 Å². The van der Waals surface area contributed by atoms with E-state index >= 15 is 0 Å². The number of nitrogens with zero attached hydrogens (tertiary/aromatic N) is 1. The van der Waals surface area contributed by atoms with Gasteiger partial charge in [-0.05, 0) is 12.8 Å². The first-order chi connectivity index (χ1) is 8.37. The molecule has 101 valence electrons. The van der Waals surface area contributed by atoms with Crippen LogP contribution in [0.2, 0.25) is 0 Å². The zero-order valence-corrected chi connectivity index (χ0v) is 14.6. The molecule has 0 N–H and O–H groups in total. The van der Waals surface area contributed by atoms with Crippen LogP contribution in [0.4, 0.5) is 4.39 Å². The van der Waals surface area contributed by atoms with Crippen molar-refractivity contribution >= 4 is 5.91 Å². The number of rotatable bonds is 3. The number of likely N-dealkylation sites (tertiary alicyclic amines) is 1. The van der Waals surface area contributed by atoms with E-state index in [1.807, 2.05) is 18.2 Å². The van der Waals surface area contributed by atoms with Gasteiger partial charge in [-0.2, -0.15) is 29.8 Å². The molecule has 0 bridgehead atoms. The molecule has 1 fully saturated rings. The van der Waals surface area contributed by atoms with E-state index in [0.717, 1.165) is 11.1 Å². The summed E-state index contributed by atoms with van der Waals surface area (Å²) >= 11 is 0. The van der Waals surface area contributed by atoms with Gasteiger partial charge in [-0.3, -0.25) is 4.79 Å². The molecule has 0 aliphatic carbocycles. The zero-order chi connectivity index (χ0) is 13.3. The molecule has 1 saturated heterocycles. The molecule has 0 atom stereocenters. The van der Waals surface area contributed by atoms with Crippen molar-refractivity contribution in [2.24, 2.45) is 0 Å². The molecule has 1 amide bonds. The number of halogens is 1. The van der Waals surface area contributed by atoms with E-state index < -0.39 is 5.67 Å². The summed E-state index contributed by atoms with van der Waals surface area (Å²) in [6.07, 6.45) is 0.338. The first kappa shape index (κ1) is 16.8. The van der Waals surface area contributed by atoms with Crippen LogP contribution in [0.15, 0.2) is 18.2 Å². The molecule has 0 unspecified atom stereocenters. The number of alkyl halides is 1. The Morgan fingerprint density at radius 1 is 1.47 bits per heavy atom. The number of hydrogen-bond acceptors (Lipinski definition) is 1. The molecule has 2 rings (SSSR count). The number of hydrogen-bond donors (Lipinski definition) is 0. The second-order valence-electron chi connectivity index (χ2n) is 5.65. The Bertz CT molecular complexity index is 434. The molecule has 1 radical (unpaired) electrons. The quantitative estimate of drug-likeness (QED) is 0.777. The maximum Gasteiger partial charge on any atom is 0.215 e. The van der Waals surface area contributed by atoms with Crippen molar-refractivity contribution in [2.45, 2.75) is 38.8 Å². The number of amides is 1. The third-order valence-corrected chi connectivity index (χ3v) is 3.27. The van der Waals surface area contributed by atoms with E-state index in [2.05, 4.69) is 19.9 Å². The van der Waals surface area contributed by atoms with Gasteiger partial charge in [0.2, 0.25) is 5.91 Å². The van der Waals surface area contributed by atoms with E-state index in [1.165, 1.54) is 6.92 Å². The van der Waals surface area contributed by atoms with Gasteiger partial charge in [0.1, 0.15) is 5.67 Å². The first-order valence-electron chi connectivity index (χ1n) is 6.34. The van der Waals surface area contributed by atoms with Crippen LogP contribution in [-0.2, 0) is 43.9 Å². The standard InChI is InChI=1S/C15H19FNO.Y/c1-11(2)13-6-4-12(5-7-13)8-14(18)17-9-15(3,16)10-17;/h4-6,11H,8-10H2,1-3H3;/q-1;. The van der Waals surface area contributed by atoms with Gasteiger partial charge in [0, 0.05) is 39.1 Å². The Morgan fingerprint density at radius 3 is 2.53 bits per heavy atom. The summed E-state index contributed by atoms with van der Waals surface area (Å²) in [7, 11) is 0. The molecule has 1 aliphatic rings. The SMILES string of the molecule is CC(C)c1[c-]cc(CC(=O)N2CC(C)(F)C2)cc1.[Y]. The van der Waals surface area contributed by atoms with E-state index in [0.29, 0.717) is 12.3 Å². The molecule has 0 saturated carbocycles. The van der Waals surface area contributed by atoms with Crippen LogP contribution in [0, 0.1) is 6.07 Å². The van der Waals surface area contributed by atoms with Crippen molar-refractivity contribution in [3.05, 3.63) is 35.4 Å². The van der Waals surface area contributed by atoms with Crippen molar-refractivity contribution in [1.29, 1.82) is 0 Å². The summed E-state index contributed by atoms with van der Waals surface area (Å²) in [6, 6.07) is 9.01. The van der Waals surface area contributed by atoms with Crippen molar-refractivity contribution in [3.8, 4) is 0 Å². The minimum atomic E-state index is -1.19. The molecular weight excluding hydrogens is 318 g/mol. The summed E-state index contributed by atoms with van der Waals surface area (Å²) in [4.78, 5) is 13.4. The average Bonchev–Trinajstić information content (AvgIpc) is 2.26. The summed E-state index contributed by atoms with van der Waals surface area (Å²) in [5.41, 5.74) is 0.895. The second-order valence-corrected chi connectivity index (χ2v) is 5.65.